The first kappa shape index (κ1) is 16.2. The van der Waals surface area contributed by atoms with Crippen LogP contribution in [0.4, 0.5) is 11.4 Å². The van der Waals surface area contributed by atoms with Crippen LogP contribution >= 0.6 is 38.9 Å². The van der Waals surface area contributed by atoms with Gasteiger partial charge in [-0.05, 0) is 40.5 Å². The third kappa shape index (κ3) is 3.54. The molecule has 0 aliphatic carbocycles. The van der Waals surface area contributed by atoms with Gasteiger partial charge in [-0.3, -0.25) is 14.8 Å². The van der Waals surface area contributed by atoms with Crippen molar-refractivity contribution in [2.45, 2.75) is 11.1 Å². The fraction of sp³-hybridized carbons (Fsp3) is 0.0909. The van der Waals surface area contributed by atoms with Crippen molar-refractivity contribution in [2.75, 3.05) is 4.72 Å². The van der Waals surface area contributed by atoms with E-state index in [0.29, 0.717) is 9.35 Å². The molecule has 0 saturated carbocycles. The Bertz CT molecular complexity index is 800. The molecule has 0 atom stereocenters. The first-order valence-corrected chi connectivity index (χ1v) is 8.90. The molecule has 0 amide bonds. The molecular weight excluding hydrogens is 404 g/mol. The SMILES string of the molecule is Cc1ccc([N+](=O)[O-])c(NS(=O)(=O)c2cc(Cl)c(Br)s2)c1. The van der Waals surface area contributed by atoms with Crippen molar-refractivity contribution in [1.82, 2.24) is 0 Å². The molecule has 0 aliphatic heterocycles. The molecule has 0 aliphatic rings. The quantitative estimate of drug-likeness (QED) is 0.603. The van der Waals surface area contributed by atoms with Crippen LogP contribution in [0, 0.1) is 17.0 Å². The number of benzene rings is 1. The van der Waals surface area contributed by atoms with Crippen LogP contribution in [-0.2, 0) is 10.0 Å². The zero-order valence-corrected chi connectivity index (χ0v) is 14.4. The van der Waals surface area contributed by atoms with E-state index >= 15 is 0 Å². The lowest BCUT2D eigenvalue weighted by atomic mass is 10.2. The molecule has 1 aromatic heterocycles. The molecule has 2 aromatic rings. The average Bonchev–Trinajstić information content (AvgIpc) is 2.69. The van der Waals surface area contributed by atoms with E-state index < -0.39 is 14.9 Å². The van der Waals surface area contributed by atoms with Gasteiger partial charge >= 0.3 is 0 Å². The van der Waals surface area contributed by atoms with Gasteiger partial charge in [-0.1, -0.05) is 17.7 Å². The van der Waals surface area contributed by atoms with Crippen LogP contribution in [-0.4, -0.2) is 13.3 Å². The van der Waals surface area contributed by atoms with Gasteiger partial charge < -0.3 is 0 Å². The van der Waals surface area contributed by atoms with Crippen LogP contribution < -0.4 is 4.72 Å². The highest BCUT2D eigenvalue weighted by molar-refractivity contribution is 9.11. The fourth-order valence-electron chi connectivity index (χ4n) is 1.55. The van der Waals surface area contributed by atoms with E-state index in [0.717, 1.165) is 11.3 Å². The normalized spacial score (nSPS) is 11.4. The number of nitro benzene ring substituents is 1. The molecule has 0 radical (unpaired) electrons. The molecule has 0 bridgehead atoms. The molecule has 1 heterocycles. The summed E-state index contributed by atoms with van der Waals surface area (Å²) >= 11 is 9.86. The number of hydrogen-bond donors (Lipinski definition) is 1. The zero-order valence-electron chi connectivity index (χ0n) is 10.5. The molecule has 2 rings (SSSR count). The predicted molar refractivity (Wildman–Crippen MR) is 85.7 cm³/mol. The van der Waals surface area contributed by atoms with Crippen molar-refractivity contribution in [2.24, 2.45) is 0 Å². The summed E-state index contributed by atoms with van der Waals surface area (Å²) in [6, 6.07) is 5.47. The Morgan fingerprint density at radius 3 is 2.57 bits per heavy atom. The van der Waals surface area contributed by atoms with Gasteiger partial charge in [0.1, 0.15) is 9.90 Å². The fourth-order valence-corrected chi connectivity index (χ4v) is 5.01. The molecule has 1 aromatic carbocycles. The van der Waals surface area contributed by atoms with E-state index in [4.69, 9.17) is 11.6 Å². The molecule has 0 unspecified atom stereocenters. The Labute approximate surface area is 138 Å². The second kappa shape index (κ2) is 5.91. The number of rotatable bonds is 4. The van der Waals surface area contributed by atoms with Gasteiger partial charge in [0.25, 0.3) is 15.7 Å². The number of hydrogen-bond acceptors (Lipinski definition) is 5. The number of nitrogens with zero attached hydrogens (tertiary/aromatic N) is 1. The maximum Gasteiger partial charge on any atom is 0.293 e. The Morgan fingerprint density at radius 2 is 2.05 bits per heavy atom. The highest BCUT2D eigenvalue weighted by Crippen LogP contribution is 2.36. The van der Waals surface area contributed by atoms with Gasteiger partial charge in [0.15, 0.2) is 0 Å². The molecule has 10 heteroatoms. The predicted octanol–water partition coefficient (Wildman–Crippen LogP) is 4.18. The lowest BCUT2D eigenvalue weighted by Crippen LogP contribution is -2.12. The van der Waals surface area contributed by atoms with Crippen molar-refractivity contribution in [1.29, 1.82) is 0 Å². The topological polar surface area (TPSA) is 89.3 Å². The monoisotopic (exact) mass is 410 g/mol. The minimum Gasteiger partial charge on any atom is -0.272 e. The molecule has 0 fully saturated rings. The van der Waals surface area contributed by atoms with E-state index in [1.54, 1.807) is 6.92 Å². The standard InChI is InChI=1S/C11H8BrClN2O4S2/c1-6-2-3-9(15(16)17)8(4-6)14-21(18,19)10-5-7(13)11(12)20-10/h2-5,14H,1H3. The summed E-state index contributed by atoms with van der Waals surface area (Å²) in [4.78, 5) is 10.3. The van der Waals surface area contributed by atoms with E-state index in [-0.39, 0.29) is 20.6 Å². The maximum absolute atomic E-state index is 12.3. The largest absolute Gasteiger partial charge is 0.293 e. The Hall–Kier alpha value is -1.16. The Balaban J connectivity index is 2.45. The van der Waals surface area contributed by atoms with Crippen molar-refractivity contribution < 1.29 is 13.3 Å². The highest BCUT2D eigenvalue weighted by Gasteiger charge is 2.23. The smallest absolute Gasteiger partial charge is 0.272 e. The second-order valence-corrected chi connectivity index (χ2v) is 8.76. The number of sulfonamides is 1. The van der Waals surface area contributed by atoms with Crippen LogP contribution in [0.5, 0.6) is 0 Å². The lowest BCUT2D eigenvalue weighted by Gasteiger charge is -2.07. The number of anilines is 1. The number of nitro groups is 1. The number of thiophene rings is 1. The summed E-state index contributed by atoms with van der Waals surface area (Å²) in [6.07, 6.45) is 0. The van der Waals surface area contributed by atoms with E-state index in [1.165, 1.54) is 24.3 Å². The number of aryl methyl sites for hydroxylation is 1. The molecule has 0 saturated heterocycles. The minimum absolute atomic E-state index is 0.0322. The third-order valence-electron chi connectivity index (χ3n) is 2.48. The van der Waals surface area contributed by atoms with Crippen molar-refractivity contribution in [3.8, 4) is 0 Å². The van der Waals surface area contributed by atoms with Crippen LogP contribution in [0.15, 0.2) is 32.3 Å². The van der Waals surface area contributed by atoms with Gasteiger partial charge in [-0.25, -0.2) is 8.42 Å². The molecule has 0 spiro atoms. The summed E-state index contributed by atoms with van der Waals surface area (Å²) < 4.78 is 27.2. The molecule has 6 nitrogen and oxygen atoms in total. The van der Waals surface area contributed by atoms with Crippen LogP contribution in [0.3, 0.4) is 0 Å². The summed E-state index contributed by atoms with van der Waals surface area (Å²) in [5.41, 5.74) is 0.301. The van der Waals surface area contributed by atoms with Gasteiger partial charge in [-0.15, -0.1) is 11.3 Å². The second-order valence-electron chi connectivity index (χ2n) is 4.07. The highest BCUT2D eigenvalue weighted by atomic mass is 79.9. The van der Waals surface area contributed by atoms with Crippen molar-refractivity contribution in [3.05, 3.63) is 48.8 Å². The van der Waals surface area contributed by atoms with Gasteiger partial charge in [0.05, 0.1) is 13.7 Å². The third-order valence-corrected chi connectivity index (χ3v) is 6.79. The summed E-state index contributed by atoms with van der Waals surface area (Å²) in [7, 11) is -3.94. The molecular formula is C11H8BrClN2O4S2. The summed E-state index contributed by atoms with van der Waals surface area (Å²) in [5.74, 6) is 0. The number of halogens is 2. The van der Waals surface area contributed by atoms with Crippen LogP contribution in [0.25, 0.3) is 0 Å². The number of nitrogens with one attached hydrogen (secondary N) is 1. The Morgan fingerprint density at radius 1 is 1.38 bits per heavy atom. The van der Waals surface area contributed by atoms with E-state index in [1.807, 2.05) is 0 Å². The van der Waals surface area contributed by atoms with Crippen LogP contribution in [0.2, 0.25) is 5.02 Å². The van der Waals surface area contributed by atoms with Gasteiger partial charge in [0, 0.05) is 6.07 Å². The molecule has 1 N–H and O–H groups in total. The zero-order chi connectivity index (χ0) is 15.8. The van der Waals surface area contributed by atoms with E-state index in [2.05, 4.69) is 20.7 Å². The summed E-state index contributed by atoms with van der Waals surface area (Å²) in [5, 5.41) is 11.2. The lowest BCUT2D eigenvalue weighted by molar-refractivity contribution is -0.383. The first-order valence-electron chi connectivity index (χ1n) is 5.43. The van der Waals surface area contributed by atoms with Gasteiger partial charge in [0.2, 0.25) is 0 Å². The minimum atomic E-state index is -3.94. The van der Waals surface area contributed by atoms with E-state index in [9.17, 15) is 18.5 Å². The first-order chi connectivity index (χ1) is 9.70. The molecule has 112 valence electrons. The van der Waals surface area contributed by atoms with Gasteiger partial charge in [-0.2, -0.15) is 0 Å². The summed E-state index contributed by atoms with van der Waals surface area (Å²) in [6.45, 7) is 1.71. The van der Waals surface area contributed by atoms with Crippen molar-refractivity contribution in [3.63, 3.8) is 0 Å². The molecule has 21 heavy (non-hydrogen) atoms. The Kier molecular flexibility index (Phi) is 4.57. The average molecular weight is 412 g/mol. The maximum atomic E-state index is 12.3. The van der Waals surface area contributed by atoms with Crippen molar-refractivity contribution >= 4 is 60.3 Å². The van der Waals surface area contributed by atoms with Crippen LogP contribution in [0.1, 0.15) is 5.56 Å².